The minimum absolute atomic E-state index is 0.0945. The summed E-state index contributed by atoms with van der Waals surface area (Å²) in [5.74, 6) is -1.12. The van der Waals surface area contributed by atoms with Crippen LogP contribution in [0.2, 0.25) is 0 Å². The van der Waals surface area contributed by atoms with E-state index in [0.717, 1.165) is 10.5 Å². The van der Waals surface area contributed by atoms with E-state index in [4.69, 9.17) is 4.42 Å². The highest BCUT2D eigenvalue weighted by Crippen LogP contribution is 2.28. The fourth-order valence-electron chi connectivity index (χ4n) is 3.09. The van der Waals surface area contributed by atoms with Gasteiger partial charge in [0.2, 0.25) is 0 Å². The third-order valence-electron chi connectivity index (χ3n) is 4.65. The van der Waals surface area contributed by atoms with Crippen LogP contribution in [0, 0.1) is 17.0 Å². The third-order valence-corrected chi connectivity index (χ3v) is 4.65. The van der Waals surface area contributed by atoms with Crippen LogP contribution in [0.4, 0.5) is 16.2 Å². The number of carbonyl (C=O) groups excluding carboxylic acids is 3. The number of nitro groups is 1. The first kappa shape index (κ1) is 19.8. The number of nitrogens with one attached hydrogen (secondary N) is 1. The smallest absolute Gasteiger partial charge is 0.335 e. The Morgan fingerprint density at radius 2 is 1.77 bits per heavy atom. The van der Waals surface area contributed by atoms with E-state index in [0.29, 0.717) is 17.0 Å². The molecule has 4 rings (SSSR count). The van der Waals surface area contributed by atoms with Gasteiger partial charge in [-0.15, -0.1) is 0 Å². The van der Waals surface area contributed by atoms with Crippen LogP contribution >= 0.6 is 0 Å². The Hall–Kier alpha value is -4.53. The zero-order valence-electron chi connectivity index (χ0n) is 16.2. The fourth-order valence-corrected chi connectivity index (χ4v) is 3.09. The number of imide groups is 2. The number of aryl methyl sites for hydroxylation is 1. The van der Waals surface area contributed by atoms with Crippen molar-refractivity contribution in [3.8, 4) is 11.3 Å². The van der Waals surface area contributed by atoms with Crippen molar-refractivity contribution in [1.82, 2.24) is 5.32 Å². The lowest BCUT2D eigenvalue weighted by Gasteiger charge is -2.26. The number of nitro benzene ring substituents is 1. The molecule has 3 aromatic rings. The highest BCUT2D eigenvalue weighted by atomic mass is 16.6. The Balaban J connectivity index is 1.66. The van der Waals surface area contributed by atoms with Crippen LogP contribution in [0.1, 0.15) is 11.3 Å². The van der Waals surface area contributed by atoms with Gasteiger partial charge in [-0.2, -0.15) is 0 Å². The Labute approximate surface area is 175 Å². The number of benzene rings is 2. The van der Waals surface area contributed by atoms with Crippen molar-refractivity contribution in [3.63, 3.8) is 0 Å². The molecule has 1 aliphatic heterocycles. The monoisotopic (exact) mass is 417 g/mol. The summed E-state index contributed by atoms with van der Waals surface area (Å²) in [6, 6.07) is 14.8. The predicted octanol–water partition coefficient (Wildman–Crippen LogP) is 3.83. The molecule has 0 unspecified atom stereocenters. The minimum atomic E-state index is -0.841. The Morgan fingerprint density at radius 1 is 1.03 bits per heavy atom. The van der Waals surface area contributed by atoms with Gasteiger partial charge < -0.3 is 4.42 Å². The van der Waals surface area contributed by atoms with Crippen molar-refractivity contribution in [3.05, 3.63) is 87.7 Å². The molecule has 1 N–H and O–H groups in total. The van der Waals surface area contributed by atoms with Gasteiger partial charge in [-0.1, -0.05) is 29.8 Å². The van der Waals surface area contributed by atoms with E-state index in [1.807, 2.05) is 6.92 Å². The number of carbonyl (C=O) groups is 3. The van der Waals surface area contributed by atoms with Crippen LogP contribution < -0.4 is 10.2 Å². The van der Waals surface area contributed by atoms with E-state index in [-0.39, 0.29) is 17.0 Å². The number of amides is 4. The Morgan fingerprint density at radius 3 is 2.48 bits per heavy atom. The first-order valence-corrected chi connectivity index (χ1v) is 9.16. The number of furan rings is 1. The number of hydrogen-bond donors (Lipinski definition) is 1. The highest BCUT2D eigenvalue weighted by Gasteiger charge is 2.37. The topological polar surface area (TPSA) is 123 Å². The number of barbiturate groups is 1. The van der Waals surface area contributed by atoms with Gasteiger partial charge in [0.05, 0.1) is 10.6 Å². The van der Waals surface area contributed by atoms with Crippen LogP contribution in [0.5, 0.6) is 0 Å². The molecular formula is C22H15N3O6. The quantitative estimate of drug-likeness (QED) is 0.298. The van der Waals surface area contributed by atoms with Gasteiger partial charge in [-0.25, -0.2) is 9.69 Å². The van der Waals surface area contributed by atoms with E-state index in [1.165, 1.54) is 30.3 Å². The highest BCUT2D eigenvalue weighted by molar-refractivity contribution is 6.39. The largest absolute Gasteiger partial charge is 0.457 e. The number of anilines is 1. The lowest BCUT2D eigenvalue weighted by molar-refractivity contribution is -0.384. The van der Waals surface area contributed by atoms with Gasteiger partial charge in [-0.05, 0) is 37.3 Å². The number of nitrogens with zero attached hydrogens (tertiary/aromatic N) is 2. The van der Waals surface area contributed by atoms with Crippen LogP contribution in [-0.4, -0.2) is 22.8 Å². The van der Waals surface area contributed by atoms with Crippen molar-refractivity contribution >= 4 is 35.3 Å². The maximum atomic E-state index is 12.9. The van der Waals surface area contributed by atoms with Crippen molar-refractivity contribution < 1.29 is 23.7 Å². The van der Waals surface area contributed by atoms with Gasteiger partial charge >= 0.3 is 6.03 Å². The molecule has 0 atom stereocenters. The van der Waals surface area contributed by atoms with Crippen LogP contribution in [-0.2, 0) is 9.59 Å². The lowest BCUT2D eigenvalue weighted by Crippen LogP contribution is -2.54. The summed E-state index contributed by atoms with van der Waals surface area (Å²) in [5, 5.41) is 13.1. The van der Waals surface area contributed by atoms with E-state index >= 15 is 0 Å². The summed E-state index contributed by atoms with van der Waals surface area (Å²) in [7, 11) is 0. The molecule has 31 heavy (non-hydrogen) atoms. The average Bonchev–Trinajstić information content (AvgIpc) is 3.21. The molecular weight excluding hydrogens is 402 g/mol. The Bertz CT molecular complexity index is 1260. The number of hydrogen-bond acceptors (Lipinski definition) is 6. The molecule has 0 spiro atoms. The van der Waals surface area contributed by atoms with Crippen LogP contribution in [0.25, 0.3) is 17.4 Å². The second-order valence-corrected chi connectivity index (χ2v) is 6.80. The number of rotatable bonds is 4. The number of non-ortho nitro benzene ring substituents is 1. The van der Waals surface area contributed by atoms with Crippen molar-refractivity contribution in [2.75, 3.05) is 4.90 Å². The van der Waals surface area contributed by atoms with Crippen molar-refractivity contribution in [2.45, 2.75) is 6.92 Å². The third kappa shape index (κ3) is 3.84. The standard InChI is InChI=1S/C22H15N3O6/c1-13-5-7-15(8-6-13)24-21(27)18(20(26)23-22(24)28)12-17-9-10-19(31-17)14-3-2-4-16(11-14)25(29)30/h2-12H,1H3,(H,23,26,28)/b18-12-. The molecule has 1 saturated heterocycles. The Kier molecular flexibility index (Phi) is 4.92. The maximum absolute atomic E-state index is 12.9. The second kappa shape index (κ2) is 7.71. The molecule has 1 aliphatic rings. The SMILES string of the molecule is Cc1ccc(N2C(=O)NC(=O)/C(=C/c3ccc(-c4cccc([N+](=O)[O-])c4)o3)C2=O)cc1. The van der Waals surface area contributed by atoms with E-state index in [9.17, 15) is 24.5 Å². The first-order chi connectivity index (χ1) is 14.8. The molecule has 0 aliphatic carbocycles. The lowest BCUT2D eigenvalue weighted by atomic mass is 10.1. The van der Waals surface area contributed by atoms with Crippen LogP contribution in [0.15, 0.2) is 70.7 Å². The minimum Gasteiger partial charge on any atom is -0.457 e. The average molecular weight is 417 g/mol. The molecule has 4 amide bonds. The van der Waals surface area contributed by atoms with Crippen molar-refractivity contribution in [2.24, 2.45) is 0 Å². The van der Waals surface area contributed by atoms with E-state index < -0.39 is 22.8 Å². The predicted molar refractivity (Wildman–Crippen MR) is 111 cm³/mol. The summed E-state index contributed by atoms with van der Waals surface area (Å²) >= 11 is 0. The molecule has 2 aromatic carbocycles. The van der Waals surface area contributed by atoms with Gasteiger partial charge in [0, 0.05) is 17.7 Å². The molecule has 0 radical (unpaired) electrons. The molecule has 1 fully saturated rings. The molecule has 154 valence electrons. The summed E-state index contributed by atoms with van der Waals surface area (Å²) in [5.41, 5.74) is 1.37. The summed E-state index contributed by atoms with van der Waals surface area (Å²) in [6.07, 6.45) is 1.23. The zero-order valence-corrected chi connectivity index (χ0v) is 16.2. The second-order valence-electron chi connectivity index (χ2n) is 6.80. The maximum Gasteiger partial charge on any atom is 0.335 e. The van der Waals surface area contributed by atoms with Gasteiger partial charge in [-0.3, -0.25) is 25.0 Å². The van der Waals surface area contributed by atoms with Gasteiger partial charge in [0.25, 0.3) is 17.5 Å². The molecule has 9 nitrogen and oxygen atoms in total. The van der Waals surface area contributed by atoms with Gasteiger partial charge in [0.1, 0.15) is 17.1 Å². The number of urea groups is 1. The van der Waals surface area contributed by atoms with Gasteiger partial charge in [0.15, 0.2) is 0 Å². The summed E-state index contributed by atoms with van der Waals surface area (Å²) in [6.45, 7) is 1.87. The van der Waals surface area contributed by atoms with E-state index in [1.54, 1.807) is 36.4 Å². The fraction of sp³-hybridized carbons (Fsp3) is 0.0455. The molecule has 9 heteroatoms. The normalized spacial score (nSPS) is 15.3. The summed E-state index contributed by atoms with van der Waals surface area (Å²) in [4.78, 5) is 48.7. The molecule has 0 saturated carbocycles. The molecule has 2 heterocycles. The molecule has 0 bridgehead atoms. The van der Waals surface area contributed by atoms with Crippen LogP contribution in [0.3, 0.4) is 0 Å². The summed E-state index contributed by atoms with van der Waals surface area (Å²) < 4.78 is 5.65. The molecule has 1 aromatic heterocycles. The van der Waals surface area contributed by atoms with Crippen molar-refractivity contribution in [1.29, 1.82) is 0 Å². The first-order valence-electron chi connectivity index (χ1n) is 9.16. The van der Waals surface area contributed by atoms with E-state index in [2.05, 4.69) is 5.32 Å². The zero-order chi connectivity index (χ0) is 22.1.